The van der Waals surface area contributed by atoms with Crippen LogP contribution in [0, 0.1) is 17.8 Å². The van der Waals surface area contributed by atoms with Crippen molar-refractivity contribution in [2.75, 3.05) is 0 Å². The number of nitrogens with one attached hydrogen (secondary N) is 2. The molecule has 0 radical (unpaired) electrons. The molecule has 2 amide bonds. The maximum atomic E-state index is 13.1. The Kier molecular flexibility index (Phi) is 14.7. The van der Waals surface area contributed by atoms with Gasteiger partial charge in [0.05, 0.1) is 6.42 Å². The molecule has 1 rings (SSSR count). The molecule has 0 aliphatic heterocycles. The van der Waals surface area contributed by atoms with Crippen molar-refractivity contribution in [1.29, 1.82) is 0 Å². The molecule has 0 aromatic carbocycles. The minimum atomic E-state index is -1.14. The van der Waals surface area contributed by atoms with E-state index in [0.717, 1.165) is 57.8 Å². The van der Waals surface area contributed by atoms with Gasteiger partial charge in [-0.3, -0.25) is 19.2 Å². The Labute approximate surface area is 216 Å². The van der Waals surface area contributed by atoms with E-state index in [9.17, 15) is 24.3 Å². The summed E-state index contributed by atoms with van der Waals surface area (Å²) < 4.78 is 5.75. The highest BCUT2D eigenvalue weighted by Crippen LogP contribution is 2.28. The van der Waals surface area contributed by atoms with Gasteiger partial charge in [-0.25, -0.2) is 0 Å². The number of rotatable bonds is 16. The SMILES string of the molecule is CCCC[C@H](C)[C@H](CC(=O)N[C@@H](CC1CCCCC1)C(=O)N[C@@H](C)C(=O)O)OC(=O)[C@H](N)[C@@H](C)CC. The van der Waals surface area contributed by atoms with Gasteiger partial charge in [-0.2, -0.15) is 0 Å². The average molecular weight is 512 g/mol. The Balaban J connectivity index is 2.95. The number of esters is 1. The first-order valence-electron chi connectivity index (χ1n) is 13.8. The lowest BCUT2D eigenvalue weighted by Crippen LogP contribution is -2.52. The molecule has 208 valence electrons. The minimum Gasteiger partial charge on any atom is -0.480 e. The molecule has 9 heteroatoms. The second-order valence-corrected chi connectivity index (χ2v) is 10.6. The van der Waals surface area contributed by atoms with Gasteiger partial charge in [-0.05, 0) is 37.5 Å². The lowest BCUT2D eigenvalue weighted by Gasteiger charge is -2.29. The lowest BCUT2D eigenvalue weighted by atomic mass is 9.84. The van der Waals surface area contributed by atoms with Crippen molar-refractivity contribution >= 4 is 23.8 Å². The van der Waals surface area contributed by atoms with Gasteiger partial charge < -0.3 is 26.2 Å². The number of aliphatic carboxylic acids is 1. The fourth-order valence-electron chi connectivity index (χ4n) is 4.58. The predicted octanol–water partition coefficient (Wildman–Crippen LogP) is 3.53. The van der Waals surface area contributed by atoms with E-state index in [-0.39, 0.29) is 18.3 Å². The summed E-state index contributed by atoms with van der Waals surface area (Å²) in [5, 5.41) is 14.5. The number of nitrogens with two attached hydrogens (primary N) is 1. The van der Waals surface area contributed by atoms with E-state index in [4.69, 9.17) is 10.5 Å². The number of unbranched alkanes of at least 4 members (excludes halogenated alkanes) is 1. The normalized spacial score (nSPS) is 19.3. The van der Waals surface area contributed by atoms with E-state index in [2.05, 4.69) is 17.6 Å². The first-order chi connectivity index (χ1) is 17.0. The second-order valence-electron chi connectivity index (χ2n) is 10.6. The molecule has 0 spiro atoms. The van der Waals surface area contributed by atoms with Crippen LogP contribution in [0.2, 0.25) is 0 Å². The lowest BCUT2D eigenvalue weighted by molar-refractivity contribution is -0.156. The molecule has 1 fully saturated rings. The molecular formula is C27H49N3O6. The standard InChI is InChI=1S/C27H49N3O6/c1-6-8-12-18(4)22(36-27(35)24(28)17(3)7-2)16-23(31)30-21(15-20-13-10-9-11-14-20)25(32)29-19(5)26(33)34/h17-22,24H,6-16,28H2,1-5H3,(H,29,32)(H,30,31)(H,33,34)/t17-,18-,19-,21-,22-,24+/m0/s1. The number of amides is 2. The molecule has 6 atom stereocenters. The molecule has 36 heavy (non-hydrogen) atoms. The van der Waals surface area contributed by atoms with Gasteiger partial charge in [0.1, 0.15) is 24.2 Å². The monoisotopic (exact) mass is 511 g/mol. The van der Waals surface area contributed by atoms with Crippen LogP contribution in [0.15, 0.2) is 0 Å². The van der Waals surface area contributed by atoms with Crippen molar-refractivity contribution in [2.45, 2.75) is 129 Å². The molecule has 1 aliphatic rings. The third-order valence-corrected chi connectivity index (χ3v) is 7.51. The van der Waals surface area contributed by atoms with Gasteiger partial charge in [-0.1, -0.05) is 79.1 Å². The van der Waals surface area contributed by atoms with Crippen LogP contribution in [0.3, 0.4) is 0 Å². The maximum absolute atomic E-state index is 13.1. The Morgan fingerprint density at radius 3 is 2.19 bits per heavy atom. The van der Waals surface area contributed by atoms with Crippen molar-refractivity contribution in [2.24, 2.45) is 23.5 Å². The van der Waals surface area contributed by atoms with Gasteiger partial charge in [-0.15, -0.1) is 0 Å². The van der Waals surface area contributed by atoms with E-state index in [0.29, 0.717) is 12.3 Å². The van der Waals surface area contributed by atoms with Crippen LogP contribution in [0.1, 0.15) is 105 Å². The summed E-state index contributed by atoms with van der Waals surface area (Å²) in [6, 6.07) is -2.67. The van der Waals surface area contributed by atoms with E-state index in [1.54, 1.807) is 0 Å². The fraction of sp³-hybridized carbons (Fsp3) is 0.852. The highest BCUT2D eigenvalue weighted by molar-refractivity contribution is 5.90. The zero-order valence-electron chi connectivity index (χ0n) is 22.9. The topological polar surface area (TPSA) is 148 Å². The Morgan fingerprint density at radius 2 is 1.64 bits per heavy atom. The van der Waals surface area contributed by atoms with Crippen LogP contribution < -0.4 is 16.4 Å². The smallest absolute Gasteiger partial charge is 0.325 e. The van der Waals surface area contributed by atoms with Gasteiger partial charge in [0.15, 0.2) is 0 Å². The van der Waals surface area contributed by atoms with Gasteiger partial charge in [0, 0.05) is 0 Å². The third-order valence-electron chi connectivity index (χ3n) is 7.51. The zero-order valence-corrected chi connectivity index (χ0v) is 22.9. The molecular weight excluding hydrogens is 462 g/mol. The highest BCUT2D eigenvalue weighted by Gasteiger charge is 2.32. The van der Waals surface area contributed by atoms with E-state index < -0.39 is 48.0 Å². The molecule has 1 saturated carbocycles. The molecule has 1 aliphatic carbocycles. The van der Waals surface area contributed by atoms with Gasteiger partial charge >= 0.3 is 11.9 Å². The molecule has 9 nitrogen and oxygen atoms in total. The number of carbonyl (C=O) groups is 4. The van der Waals surface area contributed by atoms with Gasteiger partial charge in [0.25, 0.3) is 0 Å². The van der Waals surface area contributed by atoms with E-state index in [1.807, 2.05) is 20.8 Å². The van der Waals surface area contributed by atoms with E-state index in [1.165, 1.54) is 6.92 Å². The quantitative estimate of drug-likeness (QED) is 0.232. The molecule has 0 aromatic rings. The summed E-state index contributed by atoms with van der Waals surface area (Å²) in [6.45, 7) is 9.27. The summed E-state index contributed by atoms with van der Waals surface area (Å²) >= 11 is 0. The molecule has 0 aromatic heterocycles. The van der Waals surface area contributed by atoms with Crippen molar-refractivity contribution < 1.29 is 29.0 Å². The van der Waals surface area contributed by atoms with E-state index >= 15 is 0 Å². The van der Waals surface area contributed by atoms with Crippen molar-refractivity contribution in [3.05, 3.63) is 0 Å². The number of hydrogen-bond acceptors (Lipinski definition) is 6. The number of ether oxygens (including phenoxy) is 1. The Bertz CT molecular complexity index is 710. The average Bonchev–Trinajstić information content (AvgIpc) is 2.85. The summed E-state index contributed by atoms with van der Waals surface area (Å²) in [6.07, 6.45) is 8.47. The largest absolute Gasteiger partial charge is 0.480 e. The van der Waals surface area contributed by atoms with Crippen LogP contribution in [-0.2, 0) is 23.9 Å². The van der Waals surface area contributed by atoms with Crippen LogP contribution in [0.5, 0.6) is 0 Å². The van der Waals surface area contributed by atoms with Crippen molar-refractivity contribution in [3.63, 3.8) is 0 Å². The molecule has 0 heterocycles. The van der Waals surface area contributed by atoms with Gasteiger partial charge in [0.2, 0.25) is 11.8 Å². The Morgan fingerprint density at radius 1 is 1.00 bits per heavy atom. The first-order valence-corrected chi connectivity index (χ1v) is 13.8. The van der Waals surface area contributed by atoms with Crippen LogP contribution in [0.4, 0.5) is 0 Å². The fourth-order valence-corrected chi connectivity index (χ4v) is 4.58. The first kappa shape index (κ1) is 31.9. The number of carboxylic acid groups (broad SMARTS) is 1. The molecule has 0 unspecified atom stereocenters. The number of hydrogen-bond donors (Lipinski definition) is 4. The summed E-state index contributed by atoms with van der Waals surface area (Å²) in [7, 11) is 0. The minimum absolute atomic E-state index is 0.0438. The number of carboxylic acids is 1. The van der Waals surface area contributed by atoms with Crippen molar-refractivity contribution in [1.82, 2.24) is 10.6 Å². The van der Waals surface area contributed by atoms with Crippen LogP contribution >= 0.6 is 0 Å². The summed E-state index contributed by atoms with van der Waals surface area (Å²) in [5.74, 6) is -2.36. The summed E-state index contributed by atoms with van der Waals surface area (Å²) in [4.78, 5) is 50.0. The maximum Gasteiger partial charge on any atom is 0.325 e. The third kappa shape index (κ3) is 11.3. The van der Waals surface area contributed by atoms with Crippen molar-refractivity contribution in [3.8, 4) is 0 Å². The highest BCUT2D eigenvalue weighted by atomic mass is 16.5. The molecule has 0 saturated heterocycles. The molecule has 5 N–H and O–H groups in total. The van der Waals surface area contributed by atoms with Crippen LogP contribution in [-0.4, -0.2) is 53.1 Å². The number of carbonyl (C=O) groups excluding carboxylic acids is 3. The summed E-state index contributed by atoms with van der Waals surface area (Å²) in [5.41, 5.74) is 6.07. The molecule has 0 bridgehead atoms. The second kappa shape index (κ2) is 16.6. The predicted molar refractivity (Wildman–Crippen MR) is 139 cm³/mol. The zero-order chi connectivity index (χ0) is 27.3. The van der Waals surface area contributed by atoms with Crippen LogP contribution in [0.25, 0.3) is 0 Å². The Hall–Kier alpha value is -2.16.